The molecule has 2 aromatic heterocycles. The highest BCUT2D eigenvalue weighted by Gasteiger charge is 2.09. The van der Waals surface area contributed by atoms with Crippen LogP contribution in [-0.2, 0) is 6.54 Å². The molecule has 0 saturated carbocycles. The van der Waals surface area contributed by atoms with Crippen molar-refractivity contribution in [3.05, 3.63) is 53.5 Å². The van der Waals surface area contributed by atoms with Crippen LogP contribution in [0.5, 0.6) is 0 Å². The predicted molar refractivity (Wildman–Crippen MR) is 68.8 cm³/mol. The van der Waals surface area contributed by atoms with E-state index in [9.17, 15) is 4.79 Å². The van der Waals surface area contributed by atoms with Crippen molar-refractivity contribution in [1.82, 2.24) is 15.3 Å². The molecule has 0 aliphatic heterocycles. The lowest BCUT2D eigenvalue weighted by Gasteiger charge is -2.06. The normalized spacial score (nSPS) is 10.1. The number of hydrogen-bond acceptors (Lipinski definition) is 4. The lowest BCUT2D eigenvalue weighted by molar-refractivity contribution is 0.0951. The maximum Gasteiger partial charge on any atom is 0.255 e. The lowest BCUT2D eigenvalue weighted by atomic mass is 10.2. The SMILES string of the molecule is Cc1cccc(CNC(=O)c2cccnc2N)n1. The van der Waals surface area contributed by atoms with Crippen LogP contribution in [0.2, 0.25) is 0 Å². The van der Waals surface area contributed by atoms with E-state index in [-0.39, 0.29) is 11.7 Å². The first-order valence-corrected chi connectivity index (χ1v) is 5.58. The van der Waals surface area contributed by atoms with E-state index < -0.39 is 0 Å². The summed E-state index contributed by atoms with van der Waals surface area (Å²) in [6, 6.07) is 8.99. The van der Waals surface area contributed by atoms with Crippen molar-refractivity contribution in [3.63, 3.8) is 0 Å². The first kappa shape index (κ1) is 12.0. The number of nitrogens with one attached hydrogen (secondary N) is 1. The van der Waals surface area contributed by atoms with Crippen molar-refractivity contribution in [1.29, 1.82) is 0 Å². The van der Waals surface area contributed by atoms with Gasteiger partial charge in [0.1, 0.15) is 5.82 Å². The molecule has 2 heterocycles. The highest BCUT2D eigenvalue weighted by Crippen LogP contribution is 2.06. The second-order valence-corrected chi connectivity index (χ2v) is 3.89. The Morgan fingerprint density at radius 1 is 1.33 bits per heavy atom. The third-order valence-electron chi connectivity index (χ3n) is 2.46. The maximum atomic E-state index is 11.9. The monoisotopic (exact) mass is 242 g/mol. The zero-order chi connectivity index (χ0) is 13.0. The Kier molecular flexibility index (Phi) is 3.52. The zero-order valence-corrected chi connectivity index (χ0v) is 10.1. The standard InChI is InChI=1S/C13H14N4O/c1-9-4-2-5-10(17-9)8-16-13(18)11-6-3-7-15-12(11)14/h2-7H,8H2,1H3,(H2,14,15)(H,16,18). The summed E-state index contributed by atoms with van der Waals surface area (Å²) in [6.45, 7) is 2.28. The van der Waals surface area contributed by atoms with E-state index >= 15 is 0 Å². The summed E-state index contributed by atoms with van der Waals surface area (Å²) in [6.07, 6.45) is 1.55. The van der Waals surface area contributed by atoms with Crippen LogP contribution in [0.4, 0.5) is 5.82 Å². The number of aromatic nitrogens is 2. The van der Waals surface area contributed by atoms with Crippen LogP contribution < -0.4 is 11.1 Å². The van der Waals surface area contributed by atoms with Crippen LogP contribution in [0.3, 0.4) is 0 Å². The predicted octanol–water partition coefficient (Wildman–Crippen LogP) is 1.30. The minimum Gasteiger partial charge on any atom is -0.383 e. The molecule has 0 aromatic carbocycles. The van der Waals surface area contributed by atoms with Crippen molar-refractivity contribution in [2.45, 2.75) is 13.5 Å². The molecule has 0 bridgehead atoms. The molecule has 3 N–H and O–H groups in total. The number of amides is 1. The quantitative estimate of drug-likeness (QED) is 0.850. The van der Waals surface area contributed by atoms with Gasteiger partial charge in [-0.2, -0.15) is 0 Å². The van der Waals surface area contributed by atoms with Gasteiger partial charge in [-0.25, -0.2) is 4.98 Å². The van der Waals surface area contributed by atoms with Crippen LogP contribution in [0.25, 0.3) is 0 Å². The number of aryl methyl sites for hydroxylation is 1. The average Bonchev–Trinajstić information content (AvgIpc) is 2.37. The van der Waals surface area contributed by atoms with Crippen LogP contribution in [0.1, 0.15) is 21.7 Å². The molecule has 18 heavy (non-hydrogen) atoms. The molecule has 0 spiro atoms. The fourth-order valence-corrected chi connectivity index (χ4v) is 1.57. The van der Waals surface area contributed by atoms with Gasteiger partial charge in [0.25, 0.3) is 5.91 Å². The van der Waals surface area contributed by atoms with Gasteiger partial charge in [-0.15, -0.1) is 0 Å². The van der Waals surface area contributed by atoms with E-state index in [1.54, 1.807) is 18.3 Å². The second-order valence-electron chi connectivity index (χ2n) is 3.89. The molecule has 0 aliphatic carbocycles. The third kappa shape index (κ3) is 2.82. The molecule has 0 unspecified atom stereocenters. The molecule has 0 fully saturated rings. The van der Waals surface area contributed by atoms with Gasteiger partial charge in [-0.3, -0.25) is 9.78 Å². The zero-order valence-electron chi connectivity index (χ0n) is 10.1. The molecule has 0 saturated heterocycles. The van der Waals surface area contributed by atoms with E-state index in [0.717, 1.165) is 11.4 Å². The minimum atomic E-state index is -0.246. The fraction of sp³-hybridized carbons (Fsp3) is 0.154. The molecular weight excluding hydrogens is 228 g/mol. The van der Waals surface area contributed by atoms with Crippen molar-refractivity contribution < 1.29 is 4.79 Å². The number of nitrogens with two attached hydrogens (primary N) is 1. The van der Waals surface area contributed by atoms with Gasteiger partial charge in [-0.05, 0) is 31.2 Å². The molecule has 5 nitrogen and oxygen atoms in total. The number of anilines is 1. The lowest BCUT2D eigenvalue weighted by Crippen LogP contribution is -2.24. The summed E-state index contributed by atoms with van der Waals surface area (Å²) in [4.78, 5) is 20.0. The van der Waals surface area contributed by atoms with Gasteiger partial charge in [0.15, 0.2) is 0 Å². The summed E-state index contributed by atoms with van der Waals surface area (Å²) >= 11 is 0. The van der Waals surface area contributed by atoms with E-state index in [2.05, 4.69) is 15.3 Å². The Bertz CT molecular complexity index is 568. The Hall–Kier alpha value is -2.43. The van der Waals surface area contributed by atoms with Gasteiger partial charge < -0.3 is 11.1 Å². The molecule has 5 heteroatoms. The Morgan fingerprint density at radius 2 is 2.17 bits per heavy atom. The molecule has 0 atom stereocenters. The summed E-state index contributed by atoms with van der Waals surface area (Å²) in [5.74, 6) is -0.0175. The Balaban J connectivity index is 2.03. The smallest absolute Gasteiger partial charge is 0.255 e. The number of nitrogens with zero attached hydrogens (tertiary/aromatic N) is 2. The molecule has 0 aliphatic rings. The summed E-state index contributed by atoms with van der Waals surface area (Å²) in [7, 11) is 0. The van der Waals surface area contributed by atoms with Gasteiger partial charge >= 0.3 is 0 Å². The maximum absolute atomic E-state index is 11.9. The van der Waals surface area contributed by atoms with Gasteiger partial charge in [0, 0.05) is 11.9 Å². The topological polar surface area (TPSA) is 80.9 Å². The van der Waals surface area contributed by atoms with Crippen molar-refractivity contribution in [2.24, 2.45) is 0 Å². The highest BCUT2D eigenvalue weighted by atomic mass is 16.1. The van der Waals surface area contributed by atoms with E-state index in [1.165, 1.54) is 0 Å². The molecule has 0 radical (unpaired) electrons. The number of nitrogen functional groups attached to an aromatic ring is 1. The van der Waals surface area contributed by atoms with Gasteiger partial charge in [0.2, 0.25) is 0 Å². The van der Waals surface area contributed by atoms with Gasteiger partial charge in [-0.1, -0.05) is 6.07 Å². The number of hydrogen-bond donors (Lipinski definition) is 2. The third-order valence-corrected chi connectivity index (χ3v) is 2.46. The minimum absolute atomic E-state index is 0.229. The van der Waals surface area contributed by atoms with Crippen LogP contribution in [-0.4, -0.2) is 15.9 Å². The summed E-state index contributed by atoms with van der Waals surface area (Å²) in [5, 5.41) is 2.76. The van der Waals surface area contributed by atoms with Crippen LogP contribution in [0, 0.1) is 6.92 Å². The highest BCUT2D eigenvalue weighted by molar-refractivity contribution is 5.98. The number of pyridine rings is 2. The van der Waals surface area contributed by atoms with Gasteiger partial charge in [0.05, 0.1) is 17.8 Å². The average molecular weight is 242 g/mol. The largest absolute Gasteiger partial charge is 0.383 e. The molecule has 92 valence electrons. The van der Waals surface area contributed by atoms with Crippen molar-refractivity contribution in [3.8, 4) is 0 Å². The van der Waals surface area contributed by atoms with Crippen molar-refractivity contribution in [2.75, 3.05) is 5.73 Å². The Morgan fingerprint density at radius 3 is 2.89 bits per heavy atom. The van der Waals surface area contributed by atoms with E-state index in [0.29, 0.717) is 12.1 Å². The summed E-state index contributed by atoms with van der Waals surface area (Å²) < 4.78 is 0. The summed E-state index contributed by atoms with van der Waals surface area (Å²) in [5.41, 5.74) is 7.74. The van der Waals surface area contributed by atoms with Crippen LogP contribution in [0.15, 0.2) is 36.5 Å². The fourth-order valence-electron chi connectivity index (χ4n) is 1.57. The van der Waals surface area contributed by atoms with Crippen molar-refractivity contribution >= 4 is 11.7 Å². The van der Waals surface area contributed by atoms with Crippen LogP contribution >= 0.6 is 0 Å². The van der Waals surface area contributed by atoms with E-state index in [1.807, 2.05) is 25.1 Å². The number of rotatable bonds is 3. The number of carbonyl (C=O) groups is 1. The Labute approximate surface area is 105 Å². The first-order chi connectivity index (χ1) is 8.66. The molecule has 2 rings (SSSR count). The molecule has 1 amide bonds. The number of carbonyl (C=O) groups excluding carboxylic acids is 1. The molecule has 2 aromatic rings. The first-order valence-electron chi connectivity index (χ1n) is 5.58. The second kappa shape index (κ2) is 5.27. The molecular formula is C13H14N4O. The van der Waals surface area contributed by atoms with E-state index in [4.69, 9.17) is 5.73 Å².